The number of nitrogens with one attached hydrogen (secondary N) is 1. The second kappa shape index (κ2) is 6.80. The van der Waals surface area contributed by atoms with Crippen molar-refractivity contribution in [2.75, 3.05) is 7.11 Å². The Bertz CT molecular complexity index is 813. The Balaban J connectivity index is 2.12. The molecule has 7 heteroatoms. The average Bonchev–Trinajstić information content (AvgIpc) is 2.53. The van der Waals surface area contributed by atoms with Crippen LogP contribution in [-0.4, -0.2) is 26.6 Å². The monoisotopic (exact) mass is 335 g/mol. The van der Waals surface area contributed by atoms with Gasteiger partial charge in [0.1, 0.15) is 5.75 Å². The molecule has 0 amide bonds. The molecular weight excluding hydrogens is 318 g/mol. The maximum atomic E-state index is 12.2. The normalized spacial score (nSPS) is 11.2. The summed E-state index contributed by atoms with van der Waals surface area (Å²) < 4.78 is 32.1. The molecule has 0 spiro atoms. The maximum Gasteiger partial charge on any atom is 0.335 e. The van der Waals surface area contributed by atoms with Crippen molar-refractivity contribution in [1.82, 2.24) is 4.72 Å². The zero-order chi connectivity index (χ0) is 17.0. The lowest BCUT2D eigenvalue weighted by atomic mass is 10.1. The highest BCUT2D eigenvalue weighted by atomic mass is 32.2. The lowest BCUT2D eigenvalue weighted by Gasteiger charge is -2.09. The third-order valence-electron chi connectivity index (χ3n) is 3.34. The van der Waals surface area contributed by atoms with E-state index in [1.807, 2.05) is 13.0 Å². The van der Waals surface area contributed by atoms with E-state index in [2.05, 4.69) is 4.72 Å². The maximum absolute atomic E-state index is 12.2. The molecule has 122 valence electrons. The average molecular weight is 335 g/mol. The number of carbonyl (C=O) groups is 1. The molecule has 0 unspecified atom stereocenters. The summed E-state index contributed by atoms with van der Waals surface area (Å²) in [6.45, 7) is 2.01. The van der Waals surface area contributed by atoms with Crippen molar-refractivity contribution < 1.29 is 23.1 Å². The molecule has 23 heavy (non-hydrogen) atoms. The Morgan fingerprint density at radius 3 is 2.35 bits per heavy atom. The van der Waals surface area contributed by atoms with E-state index in [9.17, 15) is 13.2 Å². The number of rotatable bonds is 6. The standard InChI is InChI=1S/C16H17NO5S/c1-11-9-12(3-8-15(11)22-2)10-17-23(20,21)14-6-4-13(5-7-14)16(18)19/h3-9,17H,10H2,1-2H3,(H,18,19). The van der Waals surface area contributed by atoms with Crippen molar-refractivity contribution in [3.63, 3.8) is 0 Å². The Hall–Kier alpha value is -2.38. The van der Waals surface area contributed by atoms with Crippen LogP contribution in [0.25, 0.3) is 0 Å². The summed E-state index contributed by atoms with van der Waals surface area (Å²) in [7, 11) is -2.13. The van der Waals surface area contributed by atoms with Gasteiger partial charge < -0.3 is 9.84 Å². The smallest absolute Gasteiger partial charge is 0.335 e. The van der Waals surface area contributed by atoms with Gasteiger partial charge in [-0.15, -0.1) is 0 Å². The first-order chi connectivity index (χ1) is 10.8. The van der Waals surface area contributed by atoms with Crippen LogP contribution < -0.4 is 9.46 Å². The molecule has 0 bridgehead atoms. The predicted molar refractivity (Wildman–Crippen MR) is 85.2 cm³/mol. The van der Waals surface area contributed by atoms with E-state index in [4.69, 9.17) is 9.84 Å². The number of ether oxygens (including phenoxy) is 1. The summed E-state index contributed by atoms with van der Waals surface area (Å²) in [6, 6.07) is 10.5. The van der Waals surface area contributed by atoms with Crippen molar-refractivity contribution in [2.24, 2.45) is 0 Å². The van der Waals surface area contributed by atoms with Gasteiger partial charge in [-0.2, -0.15) is 0 Å². The summed E-state index contributed by atoms with van der Waals surface area (Å²) in [4.78, 5) is 10.8. The van der Waals surface area contributed by atoms with Gasteiger partial charge in [-0.05, 0) is 48.4 Å². The molecule has 0 saturated heterocycles. The Kier molecular flexibility index (Phi) is 5.02. The van der Waals surface area contributed by atoms with Gasteiger partial charge in [-0.3, -0.25) is 0 Å². The van der Waals surface area contributed by atoms with Crippen LogP contribution >= 0.6 is 0 Å². The number of aryl methyl sites for hydroxylation is 1. The van der Waals surface area contributed by atoms with E-state index in [0.29, 0.717) is 0 Å². The molecule has 0 aliphatic heterocycles. The minimum absolute atomic E-state index is 0.0210. The number of methoxy groups -OCH3 is 1. The van der Waals surface area contributed by atoms with Crippen molar-refractivity contribution in [3.05, 3.63) is 59.2 Å². The Morgan fingerprint density at radius 1 is 1.17 bits per heavy atom. The molecule has 0 fully saturated rings. The molecule has 0 aromatic heterocycles. The molecule has 0 atom stereocenters. The van der Waals surface area contributed by atoms with Crippen LogP contribution in [-0.2, 0) is 16.6 Å². The zero-order valence-corrected chi connectivity index (χ0v) is 13.6. The van der Waals surface area contributed by atoms with E-state index in [-0.39, 0.29) is 17.0 Å². The topological polar surface area (TPSA) is 92.7 Å². The molecule has 2 aromatic rings. The van der Waals surface area contributed by atoms with E-state index in [1.165, 1.54) is 24.3 Å². The van der Waals surface area contributed by atoms with Gasteiger partial charge in [-0.1, -0.05) is 12.1 Å². The van der Waals surface area contributed by atoms with Gasteiger partial charge in [0.25, 0.3) is 0 Å². The summed E-state index contributed by atoms with van der Waals surface area (Å²) >= 11 is 0. The third-order valence-corrected chi connectivity index (χ3v) is 4.75. The first-order valence-electron chi connectivity index (χ1n) is 6.80. The van der Waals surface area contributed by atoms with Crippen molar-refractivity contribution in [1.29, 1.82) is 0 Å². The van der Waals surface area contributed by atoms with E-state index < -0.39 is 16.0 Å². The highest BCUT2D eigenvalue weighted by Gasteiger charge is 2.14. The minimum atomic E-state index is -3.70. The number of hydrogen-bond acceptors (Lipinski definition) is 4. The van der Waals surface area contributed by atoms with Gasteiger partial charge in [0, 0.05) is 6.54 Å². The lowest BCUT2D eigenvalue weighted by molar-refractivity contribution is 0.0696. The molecule has 0 radical (unpaired) electrons. The SMILES string of the molecule is COc1ccc(CNS(=O)(=O)c2ccc(C(=O)O)cc2)cc1C. The molecule has 2 rings (SSSR count). The number of hydrogen-bond donors (Lipinski definition) is 2. The quantitative estimate of drug-likeness (QED) is 0.844. The van der Waals surface area contributed by atoms with Crippen LogP contribution in [0.3, 0.4) is 0 Å². The van der Waals surface area contributed by atoms with E-state index in [1.54, 1.807) is 19.2 Å². The molecule has 0 aliphatic carbocycles. The van der Waals surface area contributed by atoms with E-state index >= 15 is 0 Å². The number of carboxylic acid groups (broad SMARTS) is 1. The van der Waals surface area contributed by atoms with Crippen molar-refractivity contribution in [3.8, 4) is 5.75 Å². The molecule has 0 saturated carbocycles. The summed E-state index contributed by atoms with van der Waals surface area (Å²) in [6.07, 6.45) is 0. The summed E-state index contributed by atoms with van der Waals surface area (Å²) in [5.41, 5.74) is 1.75. The van der Waals surface area contributed by atoms with Crippen LogP contribution in [0.5, 0.6) is 5.75 Å². The third kappa shape index (κ3) is 4.08. The first kappa shape index (κ1) is 17.0. The van der Waals surface area contributed by atoms with Gasteiger partial charge in [0.2, 0.25) is 10.0 Å². The van der Waals surface area contributed by atoms with Crippen LogP contribution in [0, 0.1) is 6.92 Å². The molecule has 2 N–H and O–H groups in total. The first-order valence-corrected chi connectivity index (χ1v) is 8.28. The zero-order valence-electron chi connectivity index (χ0n) is 12.7. The second-order valence-corrected chi connectivity index (χ2v) is 6.73. The van der Waals surface area contributed by atoms with E-state index in [0.717, 1.165) is 16.9 Å². The van der Waals surface area contributed by atoms with Crippen LogP contribution in [0.15, 0.2) is 47.4 Å². The molecule has 6 nitrogen and oxygen atoms in total. The lowest BCUT2D eigenvalue weighted by Crippen LogP contribution is -2.23. The fourth-order valence-electron chi connectivity index (χ4n) is 2.09. The van der Waals surface area contributed by atoms with Crippen LogP contribution in [0.4, 0.5) is 0 Å². The van der Waals surface area contributed by atoms with Gasteiger partial charge >= 0.3 is 5.97 Å². The number of aromatic carboxylic acids is 1. The van der Waals surface area contributed by atoms with Crippen LogP contribution in [0.1, 0.15) is 21.5 Å². The fraction of sp³-hybridized carbons (Fsp3) is 0.188. The van der Waals surface area contributed by atoms with Crippen molar-refractivity contribution in [2.45, 2.75) is 18.4 Å². The summed E-state index contributed by atoms with van der Waals surface area (Å²) in [5.74, 6) is -0.364. The second-order valence-electron chi connectivity index (χ2n) is 4.96. The molecular formula is C16H17NO5S. The summed E-state index contributed by atoms with van der Waals surface area (Å²) in [5, 5.41) is 8.82. The fourth-order valence-corrected chi connectivity index (χ4v) is 3.11. The van der Waals surface area contributed by atoms with Gasteiger partial charge in [0.05, 0.1) is 17.6 Å². The molecule has 0 heterocycles. The predicted octanol–water partition coefficient (Wildman–Crippen LogP) is 2.18. The highest BCUT2D eigenvalue weighted by molar-refractivity contribution is 7.89. The number of carboxylic acids is 1. The van der Waals surface area contributed by atoms with Gasteiger partial charge in [-0.25, -0.2) is 17.9 Å². The highest BCUT2D eigenvalue weighted by Crippen LogP contribution is 2.19. The van der Waals surface area contributed by atoms with Crippen molar-refractivity contribution >= 4 is 16.0 Å². The largest absolute Gasteiger partial charge is 0.496 e. The number of benzene rings is 2. The molecule has 0 aliphatic rings. The minimum Gasteiger partial charge on any atom is -0.496 e. The number of sulfonamides is 1. The molecule has 2 aromatic carbocycles. The van der Waals surface area contributed by atoms with Gasteiger partial charge in [0.15, 0.2) is 0 Å². The Morgan fingerprint density at radius 2 is 1.83 bits per heavy atom. The Labute approximate surface area is 134 Å². The van der Waals surface area contributed by atoms with Crippen LogP contribution in [0.2, 0.25) is 0 Å².